The third-order valence-electron chi connectivity index (χ3n) is 2.34. The fraction of sp³-hybridized carbons (Fsp3) is 0.273. The largest absolute Gasteiger partial charge is 0.320 e. The van der Waals surface area contributed by atoms with E-state index in [-0.39, 0.29) is 6.42 Å². The zero-order valence-corrected chi connectivity index (χ0v) is 9.53. The summed E-state index contributed by atoms with van der Waals surface area (Å²) in [4.78, 5) is 11.4. The maximum Gasteiger partial charge on any atom is 0.241 e. The molecule has 0 saturated carbocycles. The van der Waals surface area contributed by atoms with E-state index in [9.17, 15) is 26.7 Å². The van der Waals surface area contributed by atoms with Crippen LogP contribution < -0.4 is 5.32 Å². The van der Waals surface area contributed by atoms with E-state index in [0.717, 1.165) is 0 Å². The second-order valence-electron chi connectivity index (χ2n) is 3.52. The normalized spacial score (nSPS) is 11.8. The number of carbonyl (C=O) groups excluding carboxylic acids is 1. The van der Waals surface area contributed by atoms with Gasteiger partial charge in [-0.3, -0.25) is 4.79 Å². The first kappa shape index (κ1) is 14.9. The number of anilines is 1. The second kappa shape index (κ2) is 5.65. The van der Waals surface area contributed by atoms with E-state index in [1.54, 1.807) is 0 Å². The molecular formula is C11H7F5N2O. The van der Waals surface area contributed by atoms with E-state index in [1.165, 1.54) is 18.3 Å². The Morgan fingerprint density at radius 1 is 1.11 bits per heavy atom. The number of carbonyl (C=O) groups is 1. The molecule has 0 aliphatic rings. The number of nitrogens with one attached hydrogen (secondary N) is 1. The first-order chi connectivity index (χ1) is 8.84. The SMILES string of the molecule is CCC(C#N)C(=O)Nc1c(F)c(F)c(F)c(F)c1F. The van der Waals surface area contributed by atoms with Crippen LogP contribution >= 0.6 is 0 Å². The maximum atomic E-state index is 13.2. The van der Waals surface area contributed by atoms with Crippen molar-refractivity contribution in [3.63, 3.8) is 0 Å². The minimum Gasteiger partial charge on any atom is -0.320 e. The van der Waals surface area contributed by atoms with Gasteiger partial charge in [0.15, 0.2) is 23.3 Å². The number of benzene rings is 1. The van der Waals surface area contributed by atoms with E-state index in [2.05, 4.69) is 0 Å². The Morgan fingerprint density at radius 3 is 1.89 bits per heavy atom. The third kappa shape index (κ3) is 2.65. The minimum absolute atomic E-state index is 0.0255. The fourth-order valence-corrected chi connectivity index (χ4v) is 1.26. The highest BCUT2D eigenvalue weighted by molar-refractivity contribution is 5.94. The summed E-state index contributed by atoms with van der Waals surface area (Å²) in [5.41, 5.74) is -1.46. The van der Waals surface area contributed by atoms with Gasteiger partial charge in [0.2, 0.25) is 11.7 Å². The van der Waals surface area contributed by atoms with Gasteiger partial charge in [0.1, 0.15) is 11.6 Å². The third-order valence-corrected chi connectivity index (χ3v) is 2.34. The number of nitriles is 1. The molecule has 1 aromatic rings. The molecule has 0 aliphatic carbocycles. The standard InChI is InChI=1S/C11H7F5N2O/c1-2-4(3-17)11(19)18-10-8(15)6(13)5(12)7(14)9(10)16/h4H,2H2,1H3,(H,18,19). The summed E-state index contributed by atoms with van der Waals surface area (Å²) in [7, 11) is 0. The Hall–Kier alpha value is -2.17. The van der Waals surface area contributed by atoms with E-state index < -0.39 is 46.6 Å². The van der Waals surface area contributed by atoms with Crippen molar-refractivity contribution in [2.75, 3.05) is 5.32 Å². The van der Waals surface area contributed by atoms with Crippen molar-refractivity contribution >= 4 is 11.6 Å². The second-order valence-corrected chi connectivity index (χ2v) is 3.52. The average molecular weight is 278 g/mol. The molecule has 8 heteroatoms. The van der Waals surface area contributed by atoms with E-state index >= 15 is 0 Å². The lowest BCUT2D eigenvalue weighted by Gasteiger charge is -2.11. The number of hydrogen-bond donors (Lipinski definition) is 1. The molecule has 1 unspecified atom stereocenters. The summed E-state index contributed by atoms with van der Waals surface area (Å²) in [6.45, 7) is 1.45. The number of hydrogen-bond acceptors (Lipinski definition) is 2. The van der Waals surface area contributed by atoms with Crippen LogP contribution in [0.5, 0.6) is 0 Å². The fourth-order valence-electron chi connectivity index (χ4n) is 1.26. The van der Waals surface area contributed by atoms with Crippen LogP contribution in [0.4, 0.5) is 27.6 Å². The van der Waals surface area contributed by atoms with Gasteiger partial charge in [0, 0.05) is 0 Å². The molecule has 0 heterocycles. The van der Waals surface area contributed by atoms with Gasteiger partial charge in [-0.1, -0.05) is 6.92 Å². The monoisotopic (exact) mass is 278 g/mol. The van der Waals surface area contributed by atoms with Crippen molar-refractivity contribution in [1.82, 2.24) is 0 Å². The Kier molecular flexibility index (Phi) is 4.43. The van der Waals surface area contributed by atoms with E-state index in [4.69, 9.17) is 5.26 Å². The van der Waals surface area contributed by atoms with Gasteiger partial charge >= 0.3 is 0 Å². The van der Waals surface area contributed by atoms with Gasteiger partial charge in [-0.15, -0.1) is 0 Å². The lowest BCUT2D eigenvalue weighted by atomic mass is 10.1. The number of halogens is 5. The van der Waals surface area contributed by atoms with Gasteiger partial charge < -0.3 is 5.32 Å². The quantitative estimate of drug-likeness (QED) is 0.525. The summed E-state index contributed by atoms with van der Waals surface area (Å²) in [5.74, 6) is -13.4. The van der Waals surface area contributed by atoms with Crippen LogP contribution in [0.1, 0.15) is 13.3 Å². The summed E-state index contributed by atoms with van der Waals surface area (Å²) < 4.78 is 64.8. The van der Waals surface area contributed by atoms with Crippen LogP contribution in [-0.2, 0) is 4.79 Å². The zero-order chi connectivity index (χ0) is 14.7. The highest BCUT2D eigenvalue weighted by atomic mass is 19.2. The van der Waals surface area contributed by atoms with Crippen LogP contribution in [0.15, 0.2) is 0 Å². The predicted octanol–water partition coefficient (Wildman–Crippen LogP) is 2.87. The van der Waals surface area contributed by atoms with Gasteiger partial charge in [-0.25, -0.2) is 22.0 Å². The molecule has 1 rings (SSSR count). The predicted molar refractivity (Wildman–Crippen MR) is 54.3 cm³/mol. The summed E-state index contributed by atoms with van der Waals surface area (Å²) in [6.07, 6.45) is 0.0255. The van der Waals surface area contributed by atoms with Gasteiger partial charge in [0.25, 0.3) is 0 Å². The maximum absolute atomic E-state index is 13.2. The molecule has 1 aromatic carbocycles. The molecule has 0 aromatic heterocycles. The smallest absolute Gasteiger partial charge is 0.241 e. The van der Waals surface area contributed by atoms with Crippen LogP contribution in [0, 0.1) is 46.3 Å². The van der Waals surface area contributed by atoms with Crippen molar-refractivity contribution < 1.29 is 26.7 Å². The van der Waals surface area contributed by atoms with Crippen molar-refractivity contribution in [3.8, 4) is 6.07 Å². The number of nitrogens with zero attached hydrogens (tertiary/aromatic N) is 1. The summed E-state index contributed by atoms with van der Waals surface area (Å²) in [6, 6.07) is 1.53. The van der Waals surface area contributed by atoms with Crippen LogP contribution in [0.3, 0.4) is 0 Å². The topological polar surface area (TPSA) is 52.9 Å². The summed E-state index contributed by atoms with van der Waals surface area (Å²) in [5, 5.41) is 10.1. The van der Waals surface area contributed by atoms with Crippen LogP contribution in [-0.4, -0.2) is 5.91 Å². The molecule has 102 valence electrons. The van der Waals surface area contributed by atoms with Crippen molar-refractivity contribution in [3.05, 3.63) is 29.1 Å². The van der Waals surface area contributed by atoms with Crippen LogP contribution in [0.2, 0.25) is 0 Å². The molecule has 1 amide bonds. The lowest BCUT2D eigenvalue weighted by Crippen LogP contribution is -2.23. The molecule has 0 radical (unpaired) electrons. The molecule has 1 atom stereocenters. The summed E-state index contributed by atoms with van der Waals surface area (Å²) >= 11 is 0. The number of amides is 1. The van der Waals surface area contributed by atoms with Crippen molar-refractivity contribution in [2.24, 2.45) is 5.92 Å². The molecule has 0 spiro atoms. The first-order valence-electron chi connectivity index (χ1n) is 5.07. The molecular weight excluding hydrogens is 271 g/mol. The molecule has 0 fully saturated rings. The highest BCUT2D eigenvalue weighted by Crippen LogP contribution is 2.27. The molecule has 19 heavy (non-hydrogen) atoms. The van der Waals surface area contributed by atoms with Gasteiger partial charge in [0.05, 0.1) is 6.07 Å². The molecule has 1 N–H and O–H groups in total. The molecule has 0 saturated heterocycles. The Balaban J connectivity index is 3.24. The Morgan fingerprint density at radius 2 is 1.53 bits per heavy atom. The van der Waals surface area contributed by atoms with Crippen LogP contribution in [0.25, 0.3) is 0 Å². The van der Waals surface area contributed by atoms with Crippen molar-refractivity contribution in [2.45, 2.75) is 13.3 Å². The van der Waals surface area contributed by atoms with Crippen molar-refractivity contribution in [1.29, 1.82) is 5.26 Å². The zero-order valence-electron chi connectivity index (χ0n) is 9.53. The Labute approximate surface area is 104 Å². The van der Waals surface area contributed by atoms with E-state index in [0.29, 0.717) is 0 Å². The minimum atomic E-state index is -2.32. The Bertz CT molecular complexity index is 538. The average Bonchev–Trinajstić information content (AvgIpc) is 2.40. The first-order valence-corrected chi connectivity index (χ1v) is 5.07. The lowest BCUT2D eigenvalue weighted by molar-refractivity contribution is -0.118. The van der Waals surface area contributed by atoms with Gasteiger partial charge in [-0.05, 0) is 6.42 Å². The highest BCUT2D eigenvalue weighted by Gasteiger charge is 2.28. The van der Waals surface area contributed by atoms with Gasteiger partial charge in [-0.2, -0.15) is 5.26 Å². The molecule has 0 aliphatic heterocycles. The molecule has 3 nitrogen and oxygen atoms in total. The van der Waals surface area contributed by atoms with E-state index in [1.807, 2.05) is 0 Å². The molecule has 0 bridgehead atoms. The number of rotatable bonds is 3.